The third kappa shape index (κ3) is 5.33. The summed E-state index contributed by atoms with van der Waals surface area (Å²) in [5.74, 6) is 0.180. The fraction of sp³-hybridized carbons (Fsp3) is 0.474. The van der Waals surface area contributed by atoms with Crippen LogP contribution in [0.5, 0.6) is 0 Å². The van der Waals surface area contributed by atoms with Gasteiger partial charge in [0.15, 0.2) is 5.16 Å². The van der Waals surface area contributed by atoms with Gasteiger partial charge >= 0.3 is 0 Å². The average molecular weight is 364 g/mol. The van der Waals surface area contributed by atoms with E-state index in [4.69, 9.17) is 0 Å². The van der Waals surface area contributed by atoms with Crippen molar-refractivity contribution in [2.45, 2.75) is 58.1 Å². The first-order valence-corrected chi connectivity index (χ1v) is 9.38. The number of nitrogens with zero attached hydrogens (tertiary/aromatic N) is 2. The number of hydrogen-bond donors (Lipinski definition) is 1. The lowest BCUT2D eigenvalue weighted by atomic mass is 10.2. The second-order valence-corrected chi connectivity index (χ2v) is 7.98. The summed E-state index contributed by atoms with van der Waals surface area (Å²) in [7, 11) is 0. The highest BCUT2D eigenvalue weighted by molar-refractivity contribution is 8.00. The molecule has 0 aliphatic carbocycles. The highest BCUT2D eigenvalue weighted by atomic mass is 32.2. The Labute approximate surface area is 153 Å². The Morgan fingerprint density at radius 3 is 2.48 bits per heavy atom. The SMILES string of the molecule is Cc1nc(SC(C)C(=O)NCc2ccc(F)cc2)n(CC(C)C)c1C. The van der Waals surface area contributed by atoms with Gasteiger partial charge in [-0.3, -0.25) is 4.79 Å². The largest absolute Gasteiger partial charge is 0.351 e. The molecule has 0 bridgehead atoms. The van der Waals surface area contributed by atoms with Gasteiger partial charge in [-0.15, -0.1) is 0 Å². The molecule has 0 saturated carbocycles. The van der Waals surface area contributed by atoms with Crippen molar-refractivity contribution in [3.63, 3.8) is 0 Å². The Kier molecular flexibility index (Phi) is 6.64. The van der Waals surface area contributed by atoms with Gasteiger partial charge in [-0.25, -0.2) is 9.37 Å². The predicted octanol–water partition coefficient (Wildman–Crippen LogP) is 4.09. The minimum absolute atomic E-state index is 0.0521. The molecule has 1 heterocycles. The van der Waals surface area contributed by atoms with E-state index in [0.717, 1.165) is 28.7 Å². The van der Waals surface area contributed by atoms with Crippen LogP contribution in [-0.2, 0) is 17.9 Å². The fourth-order valence-electron chi connectivity index (χ4n) is 2.44. The zero-order chi connectivity index (χ0) is 18.6. The van der Waals surface area contributed by atoms with Gasteiger partial charge in [0.05, 0.1) is 10.9 Å². The van der Waals surface area contributed by atoms with Crippen molar-refractivity contribution in [2.24, 2.45) is 5.92 Å². The molecule has 0 radical (unpaired) electrons. The molecule has 0 saturated heterocycles. The summed E-state index contributed by atoms with van der Waals surface area (Å²) in [5, 5.41) is 3.53. The molecule has 0 aliphatic heterocycles. The number of benzene rings is 1. The molecule has 0 spiro atoms. The molecular weight excluding hydrogens is 337 g/mol. The molecule has 4 nitrogen and oxygen atoms in total. The summed E-state index contributed by atoms with van der Waals surface area (Å²) in [6.07, 6.45) is 0. The zero-order valence-corrected chi connectivity index (χ0v) is 16.3. The van der Waals surface area contributed by atoms with Crippen molar-refractivity contribution in [2.75, 3.05) is 0 Å². The molecule has 2 aromatic rings. The number of hydrogen-bond acceptors (Lipinski definition) is 3. The lowest BCUT2D eigenvalue weighted by Gasteiger charge is -2.15. The number of amides is 1. The van der Waals surface area contributed by atoms with Crippen LogP contribution in [0.3, 0.4) is 0 Å². The van der Waals surface area contributed by atoms with Crippen LogP contribution in [0.4, 0.5) is 4.39 Å². The van der Waals surface area contributed by atoms with E-state index >= 15 is 0 Å². The van der Waals surface area contributed by atoms with Crippen LogP contribution < -0.4 is 5.32 Å². The van der Waals surface area contributed by atoms with Crippen molar-refractivity contribution in [3.8, 4) is 0 Å². The standard InChI is InChI=1S/C19H26FN3OS/c1-12(2)11-23-14(4)13(3)22-19(23)25-15(5)18(24)21-10-16-6-8-17(20)9-7-16/h6-9,12,15H,10-11H2,1-5H3,(H,21,24). The normalized spacial score (nSPS) is 12.4. The third-order valence-electron chi connectivity index (χ3n) is 4.00. The molecule has 6 heteroatoms. The van der Waals surface area contributed by atoms with Crippen molar-refractivity contribution >= 4 is 17.7 Å². The predicted molar refractivity (Wildman–Crippen MR) is 100 cm³/mol. The lowest BCUT2D eigenvalue weighted by Crippen LogP contribution is -2.30. The average Bonchev–Trinajstić information content (AvgIpc) is 2.81. The molecule has 1 N–H and O–H groups in total. The summed E-state index contributed by atoms with van der Waals surface area (Å²) < 4.78 is 15.1. The van der Waals surface area contributed by atoms with Crippen molar-refractivity contribution in [3.05, 3.63) is 47.0 Å². The quantitative estimate of drug-likeness (QED) is 0.754. The van der Waals surface area contributed by atoms with Gasteiger partial charge < -0.3 is 9.88 Å². The summed E-state index contributed by atoms with van der Waals surface area (Å²) in [6, 6.07) is 6.15. The Balaban J connectivity index is 1.98. The lowest BCUT2D eigenvalue weighted by molar-refractivity contribution is -0.120. The number of rotatable bonds is 7. The maximum atomic E-state index is 12.9. The highest BCUT2D eigenvalue weighted by Gasteiger charge is 2.20. The van der Waals surface area contributed by atoms with E-state index in [1.165, 1.54) is 23.9 Å². The van der Waals surface area contributed by atoms with Gasteiger partial charge in [-0.1, -0.05) is 37.7 Å². The van der Waals surface area contributed by atoms with Crippen LogP contribution in [0, 0.1) is 25.6 Å². The summed E-state index contributed by atoms with van der Waals surface area (Å²) >= 11 is 1.47. The maximum Gasteiger partial charge on any atom is 0.233 e. The van der Waals surface area contributed by atoms with E-state index < -0.39 is 0 Å². The molecule has 1 aromatic heterocycles. The van der Waals surface area contributed by atoms with Crippen molar-refractivity contribution in [1.29, 1.82) is 0 Å². The van der Waals surface area contributed by atoms with Gasteiger partial charge in [0.1, 0.15) is 5.82 Å². The first kappa shape index (κ1) is 19.5. The monoisotopic (exact) mass is 363 g/mol. The Bertz CT molecular complexity index is 725. The van der Waals surface area contributed by atoms with Crippen LogP contribution in [-0.4, -0.2) is 20.7 Å². The minimum Gasteiger partial charge on any atom is -0.351 e. The van der Waals surface area contributed by atoms with Crippen LogP contribution in [0.1, 0.15) is 37.7 Å². The van der Waals surface area contributed by atoms with E-state index in [2.05, 4.69) is 35.6 Å². The summed E-state index contributed by atoms with van der Waals surface area (Å²) in [4.78, 5) is 17.0. The smallest absolute Gasteiger partial charge is 0.233 e. The van der Waals surface area contributed by atoms with Crippen molar-refractivity contribution < 1.29 is 9.18 Å². The van der Waals surface area contributed by atoms with Crippen molar-refractivity contribution in [1.82, 2.24) is 14.9 Å². The molecular formula is C19H26FN3OS. The van der Waals surface area contributed by atoms with E-state index in [1.54, 1.807) is 12.1 Å². The molecule has 2 rings (SSSR count). The Morgan fingerprint density at radius 1 is 1.24 bits per heavy atom. The van der Waals surface area contributed by atoms with Crippen LogP contribution in [0.25, 0.3) is 0 Å². The Morgan fingerprint density at radius 2 is 1.88 bits per heavy atom. The number of thioether (sulfide) groups is 1. The number of halogens is 1. The van der Waals surface area contributed by atoms with Crippen LogP contribution >= 0.6 is 11.8 Å². The molecule has 1 amide bonds. The van der Waals surface area contributed by atoms with E-state index in [9.17, 15) is 9.18 Å². The first-order chi connectivity index (χ1) is 11.8. The highest BCUT2D eigenvalue weighted by Crippen LogP contribution is 2.26. The van der Waals surface area contributed by atoms with E-state index in [0.29, 0.717) is 12.5 Å². The van der Waals surface area contributed by atoms with Gasteiger partial charge in [0, 0.05) is 18.8 Å². The van der Waals surface area contributed by atoms with Gasteiger partial charge in [0.25, 0.3) is 0 Å². The molecule has 1 aromatic carbocycles. The topological polar surface area (TPSA) is 46.9 Å². The summed E-state index contributed by atoms with van der Waals surface area (Å²) in [6.45, 7) is 11.6. The first-order valence-electron chi connectivity index (χ1n) is 8.50. The van der Waals surface area contributed by atoms with Gasteiger partial charge in [-0.2, -0.15) is 0 Å². The zero-order valence-electron chi connectivity index (χ0n) is 15.5. The van der Waals surface area contributed by atoms with Crippen LogP contribution in [0.2, 0.25) is 0 Å². The molecule has 1 atom stereocenters. The Hall–Kier alpha value is -1.82. The van der Waals surface area contributed by atoms with E-state index in [1.807, 2.05) is 13.8 Å². The second kappa shape index (κ2) is 8.52. The summed E-state index contributed by atoms with van der Waals surface area (Å²) in [5.41, 5.74) is 3.03. The fourth-order valence-corrected chi connectivity index (χ4v) is 3.48. The van der Waals surface area contributed by atoms with Gasteiger partial charge in [0.2, 0.25) is 5.91 Å². The number of aryl methyl sites for hydroxylation is 1. The number of aromatic nitrogens is 2. The molecule has 25 heavy (non-hydrogen) atoms. The molecule has 0 aliphatic rings. The van der Waals surface area contributed by atoms with Gasteiger partial charge in [-0.05, 0) is 44.4 Å². The molecule has 0 fully saturated rings. The van der Waals surface area contributed by atoms with E-state index in [-0.39, 0.29) is 17.0 Å². The minimum atomic E-state index is -0.276. The third-order valence-corrected chi connectivity index (χ3v) is 5.09. The number of carbonyl (C=O) groups is 1. The number of carbonyl (C=O) groups excluding carboxylic acids is 1. The molecule has 1 unspecified atom stereocenters. The second-order valence-electron chi connectivity index (χ2n) is 6.67. The number of nitrogens with one attached hydrogen (secondary N) is 1. The number of imidazole rings is 1. The molecule has 136 valence electrons. The maximum absolute atomic E-state index is 12.9. The van der Waals surface area contributed by atoms with Crippen LogP contribution in [0.15, 0.2) is 29.4 Å².